The van der Waals surface area contributed by atoms with Crippen molar-refractivity contribution in [1.29, 1.82) is 0 Å². The summed E-state index contributed by atoms with van der Waals surface area (Å²) < 4.78 is 0. The minimum atomic E-state index is -0.914. The molecule has 0 spiro atoms. The van der Waals surface area contributed by atoms with Crippen LogP contribution in [0.2, 0.25) is 0 Å². The van der Waals surface area contributed by atoms with Crippen LogP contribution in [-0.2, 0) is 12.8 Å². The highest BCUT2D eigenvalue weighted by molar-refractivity contribution is 5.88. The fourth-order valence-corrected chi connectivity index (χ4v) is 1.99. The molecule has 0 bridgehead atoms. The molecule has 1 aromatic heterocycles. The number of hydrogen-bond donors (Lipinski definition) is 1. The van der Waals surface area contributed by atoms with Crippen LogP contribution in [0.25, 0.3) is 0 Å². The van der Waals surface area contributed by atoms with Gasteiger partial charge in [-0.05, 0) is 42.5 Å². The second-order valence-corrected chi connectivity index (χ2v) is 4.26. The fourth-order valence-electron chi connectivity index (χ4n) is 1.99. The summed E-state index contributed by atoms with van der Waals surface area (Å²) in [5.41, 5.74) is 3.63. The maximum Gasteiger partial charge on any atom is 0.337 e. The zero-order valence-electron chi connectivity index (χ0n) is 10.3. The van der Waals surface area contributed by atoms with Crippen molar-refractivity contribution >= 4 is 5.97 Å². The summed E-state index contributed by atoms with van der Waals surface area (Å²) in [6, 6.07) is 9.94. The maximum atomic E-state index is 11.1. The minimum Gasteiger partial charge on any atom is -0.478 e. The molecule has 0 aliphatic rings. The lowest BCUT2D eigenvalue weighted by Gasteiger charge is -2.07. The lowest BCUT2D eigenvalue weighted by molar-refractivity contribution is 0.0695. The zero-order valence-corrected chi connectivity index (χ0v) is 10.3. The van der Waals surface area contributed by atoms with Crippen molar-refractivity contribution in [3.8, 4) is 0 Å². The zero-order chi connectivity index (χ0) is 13.0. The topological polar surface area (TPSA) is 50.2 Å². The smallest absolute Gasteiger partial charge is 0.337 e. The molecule has 0 saturated heterocycles. The first-order chi connectivity index (χ1) is 8.68. The van der Waals surface area contributed by atoms with E-state index in [9.17, 15) is 4.79 Å². The van der Waals surface area contributed by atoms with E-state index in [1.54, 1.807) is 12.3 Å². The first-order valence-corrected chi connectivity index (χ1v) is 5.89. The van der Waals surface area contributed by atoms with Gasteiger partial charge in [0.1, 0.15) is 0 Å². The Hall–Kier alpha value is -2.16. The summed E-state index contributed by atoms with van der Waals surface area (Å²) in [5, 5.41) is 9.08. The summed E-state index contributed by atoms with van der Waals surface area (Å²) in [6.45, 7) is 2.07. The van der Waals surface area contributed by atoms with E-state index < -0.39 is 5.97 Å². The summed E-state index contributed by atoms with van der Waals surface area (Å²) >= 11 is 0. The van der Waals surface area contributed by atoms with Gasteiger partial charge >= 0.3 is 5.97 Å². The van der Waals surface area contributed by atoms with Gasteiger partial charge in [0.2, 0.25) is 0 Å². The monoisotopic (exact) mass is 241 g/mol. The van der Waals surface area contributed by atoms with E-state index in [-0.39, 0.29) is 0 Å². The van der Waals surface area contributed by atoms with Crippen molar-refractivity contribution in [2.75, 3.05) is 0 Å². The van der Waals surface area contributed by atoms with E-state index in [4.69, 9.17) is 5.11 Å². The Kier molecular flexibility index (Phi) is 3.72. The number of carbonyl (C=O) groups is 1. The second kappa shape index (κ2) is 5.45. The Bertz CT molecular complexity index is 564. The van der Waals surface area contributed by atoms with Gasteiger partial charge in [-0.3, -0.25) is 4.98 Å². The number of aryl methyl sites for hydroxylation is 3. The average molecular weight is 241 g/mol. The number of carboxylic acid groups (broad SMARTS) is 1. The molecule has 0 aliphatic heterocycles. The number of hydrogen-bond acceptors (Lipinski definition) is 2. The molecule has 1 N–H and O–H groups in total. The third-order valence-electron chi connectivity index (χ3n) is 3.07. The molecule has 0 amide bonds. The molecule has 1 heterocycles. The van der Waals surface area contributed by atoms with E-state index in [0.29, 0.717) is 5.56 Å². The van der Waals surface area contributed by atoms with Gasteiger partial charge in [-0.25, -0.2) is 4.79 Å². The normalized spacial score (nSPS) is 10.3. The van der Waals surface area contributed by atoms with Crippen LogP contribution in [0.1, 0.15) is 27.0 Å². The molecule has 0 aliphatic carbocycles. The van der Waals surface area contributed by atoms with Crippen LogP contribution in [0.15, 0.2) is 42.7 Å². The lowest BCUT2D eigenvalue weighted by Crippen LogP contribution is -2.04. The molecule has 0 unspecified atom stereocenters. The third kappa shape index (κ3) is 2.74. The number of benzene rings is 1. The maximum absolute atomic E-state index is 11.1. The van der Waals surface area contributed by atoms with Crippen LogP contribution in [0.5, 0.6) is 0 Å². The van der Waals surface area contributed by atoms with E-state index in [1.807, 2.05) is 12.1 Å². The lowest BCUT2D eigenvalue weighted by atomic mass is 9.99. The highest BCUT2D eigenvalue weighted by atomic mass is 16.4. The SMILES string of the molecule is Cc1ccccc1CCc1ccncc1C(=O)O. The Labute approximate surface area is 106 Å². The Morgan fingerprint density at radius 3 is 2.61 bits per heavy atom. The standard InChI is InChI=1S/C15H15NO2/c1-11-4-2-3-5-12(11)6-7-13-8-9-16-10-14(13)15(17)18/h2-5,8-10H,6-7H2,1H3,(H,17,18). The molecule has 2 aromatic rings. The van der Waals surface area contributed by atoms with Crippen molar-refractivity contribution in [2.45, 2.75) is 19.8 Å². The second-order valence-electron chi connectivity index (χ2n) is 4.26. The van der Waals surface area contributed by atoms with Gasteiger partial charge in [0.15, 0.2) is 0 Å². The summed E-state index contributed by atoms with van der Waals surface area (Å²) in [7, 11) is 0. The van der Waals surface area contributed by atoms with Gasteiger partial charge in [0, 0.05) is 12.4 Å². The van der Waals surface area contributed by atoms with Crippen LogP contribution in [0.3, 0.4) is 0 Å². The molecule has 1 aromatic carbocycles. The Morgan fingerprint density at radius 1 is 1.17 bits per heavy atom. The van der Waals surface area contributed by atoms with Crippen LogP contribution >= 0.6 is 0 Å². The van der Waals surface area contributed by atoms with Crippen molar-refractivity contribution < 1.29 is 9.90 Å². The molecule has 0 saturated carbocycles. The van der Waals surface area contributed by atoms with E-state index in [0.717, 1.165) is 18.4 Å². The first-order valence-electron chi connectivity index (χ1n) is 5.89. The van der Waals surface area contributed by atoms with Crippen molar-refractivity contribution in [3.05, 3.63) is 65.0 Å². The number of carboxylic acids is 1. The van der Waals surface area contributed by atoms with E-state index in [1.165, 1.54) is 17.3 Å². The summed E-state index contributed by atoms with van der Waals surface area (Å²) in [5.74, 6) is -0.914. The van der Waals surface area contributed by atoms with Crippen molar-refractivity contribution in [3.63, 3.8) is 0 Å². The number of pyridine rings is 1. The van der Waals surface area contributed by atoms with Gasteiger partial charge < -0.3 is 5.11 Å². The number of aromatic nitrogens is 1. The predicted molar refractivity (Wildman–Crippen MR) is 69.8 cm³/mol. The van der Waals surface area contributed by atoms with Gasteiger partial charge in [0.05, 0.1) is 5.56 Å². The summed E-state index contributed by atoms with van der Waals surface area (Å²) in [4.78, 5) is 14.9. The Morgan fingerprint density at radius 2 is 1.89 bits per heavy atom. The van der Waals surface area contributed by atoms with Gasteiger partial charge in [-0.1, -0.05) is 24.3 Å². The molecule has 3 nitrogen and oxygen atoms in total. The largest absolute Gasteiger partial charge is 0.478 e. The van der Waals surface area contributed by atoms with E-state index in [2.05, 4.69) is 24.0 Å². The first kappa shape index (κ1) is 12.3. The molecule has 0 atom stereocenters. The summed E-state index contributed by atoms with van der Waals surface area (Å²) in [6.07, 6.45) is 4.61. The van der Waals surface area contributed by atoms with Crippen LogP contribution < -0.4 is 0 Å². The van der Waals surface area contributed by atoms with Crippen molar-refractivity contribution in [2.24, 2.45) is 0 Å². The third-order valence-corrected chi connectivity index (χ3v) is 3.07. The van der Waals surface area contributed by atoms with Gasteiger partial charge in [-0.2, -0.15) is 0 Å². The van der Waals surface area contributed by atoms with Gasteiger partial charge in [0.25, 0.3) is 0 Å². The molecule has 3 heteroatoms. The minimum absolute atomic E-state index is 0.297. The quantitative estimate of drug-likeness (QED) is 0.895. The number of aromatic carboxylic acids is 1. The fraction of sp³-hybridized carbons (Fsp3) is 0.200. The molecule has 18 heavy (non-hydrogen) atoms. The highest BCUT2D eigenvalue weighted by Gasteiger charge is 2.09. The van der Waals surface area contributed by atoms with Crippen LogP contribution in [0.4, 0.5) is 0 Å². The molecular weight excluding hydrogens is 226 g/mol. The van der Waals surface area contributed by atoms with Crippen LogP contribution in [-0.4, -0.2) is 16.1 Å². The number of nitrogens with zero attached hydrogens (tertiary/aromatic N) is 1. The molecule has 0 fully saturated rings. The van der Waals surface area contributed by atoms with E-state index >= 15 is 0 Å². The number of rotatable bonds is 4. The molecule has 2 rings (SSSR count). The van der Waals surface area contributed by atoms with Crippen LogP contribution in [0, 0.1) is 6.92 Å². The molecule has 92 valence electrons. The van der Waals surface area contributed by atoms with Gasteiger partial charge in [-0.15, -0.1) is 0 Å². The highest BCUT2D eigenvalue weighted by Crippen LogP contribution is 2.14. The predicted octanol–water partition coefficient (Wildman–Crippen LogP) is 2.87. The molecular formula is C15H15NO2. The van der Waals surface area contributed by atoms with Crippen molar-refractivity contribution in [1.82, 2.24) is 4.98 Å². The average Bonchev–Trinajstić information content (AvgIpc) is 2.38. The Balaban J connectivity index is 2.16. The molecule has 0 radical (unpaired) electrons.